The Hall–Kier alpha value is -2.42. The number of hydrogen-bond acceptors (Lipinski definition) is 0. The summed E-state index contributed by atoms with van der Waals surface area (Å²) in [5.74, 6) is 2.04. The quantitative estimate of drug-likeness (QED) is 0.245. The van der Waals surface area contributed by atoms with Crippen LogP contribution in [0, 0.1) is 47.0 Å². The second kappa shape index (κ2) is 12.6. The SMILES string of the molecule is CCCC1CCC(CCC2CCC(c3ccc(-c4cc(F)c(C#CC(F)(F)F)c(F)c4)c(F)c3)CC2)CC1. The molecule has 2 aromatic rings. The van der Waals surface area contributed by atoms with Crippen molar-refractivity contribution in [1.82, 2.24) is 0 Å². The van der Waals surface area contributed by atoms with Gasteiger partial charge in [-0.15, -0.1) is 0 Å². The lowest BCUT2D eigenvalue weighted by Gasteiger charge is -2.32. The second-order valence-corrected chi connectivity index (χ2v) is 11.3. The highest BCUT2D eigenvalue weighted by Gasteiger charge is 2.26. The third-order valence-electron chi connectivity index (χ3n) is 8.64. The van der Waals surface area contributed by atoms with Crippen molar-refractivity contribution in [3.8, 4) is 23.0 Å². The molecule has 2 aliphatic rings. The third-order valence-corrected chi connectivity index (χ3v) is 8.64. The maximum Gasteiger partial charge on any atom is 0.458 e. The zero-order chi connectivity index (χ0) is 27.3. The molecule has 0 heterocycles. The van der Waals surface area contributed by atoms with Gasteiger partial charge in [-0.25, -0.2) is 13.2 Å². The minimum absolute atomic E-state index is 0.00391. The molecule has 0 aliphatic heterocycles. The van der Waals surface area contributed by atoms with Crippen LogP contribution in [0.25, 0.3) is 11.1 Å². The van der Waals surface area contributed by atoms with Crippen LogP contribution in [-0.2, 0) is 0 Å². The summed E-state index contributed by atoms with van der Waals surface area (Å²) >= 11 is 0. The molecule has 0 spiro atoms. The maximum absolute atomic E-state index is 15.0. The van der Waals surface area contributed by atoms with Crippen molar-refractivity contribution >= 4 is 0 Å². The average molecular weight is 535 g/mol. The molecule has 0 radical (unpaired) electrons. The highest BCUT2D eigenvalue weighted by Crippen LogP contribution is 2.41. The maximum atomic E-state index is 15.0. The van der Waals surface area contributed by atoms with E-state index in [-0.39, 0.29) is 17.0 Å². The van der Waals surface area contributed by atoms with Crippen molar-refractivity contribution in [3.63, 3.8) is 0 Å². The first-order valence-corrected chi connectivity index (χ1v) is 14.0. The van der Waals surface area contributed by atoms with Gasteiger partial charge in [-0.05, 0) is 78.7 Å². The van der Waals surface area contributed by atoms with E-state index in [4.69, 9.17) is 0 Å². The van der Waals surface area contributed by atoms with E-state index in [2.05, 4.69) is 6.92 Å². The highest BCUT2D eigenvalue weighted by atomic mass is 19.4. The smallest absolute Gasteiger partial charge is 0.206 e. The molecule has 0 amide bonds. The van der Waals surface area contributed by atoms with Gasteiger partial charge in [-0.2, -0.15) is 13.2 Å². The number of benzene rings is 2. The van der Waals surface area contributed by atoms with Crippen molar-refractivity contribution in [2.75, 3.05) is 0 Å². The van der Waals surface area contributed by atoms with E-state index < -0.39 is 29.2 Å². The van der Waals surface area contributed by atoms with Crippen LogP contribution in [0.5, 0.6) is 0 Å². The van der Waals surface area contributed by atoms with E-state index in [1.54, 1.807) is 6.07 Å². The van der Waals surface area contributed by atoms with E-state index in [9.17, 15) is 22.0 Å². The fourth-order valence-corrected chi connectivity index (χ4v) is 6.47. The summed E-state index contributed by atoms with van der Waals surface area (Å²) < 4.78 is 80.5. The van der Waals surface area contributed by atoms with Gasteiger partial charge in [0.1, 0.15) is 17.5 Å². The molecule has 0 N–H and O–H groups in total. The van der Waals surface area contributed by atoms with Crippen LogP contribution in [0.1, 0.15) is 101 Å². The van der Waals surface area contributed by atoms with Crippen LogP contribution in [-0.4, -0.2) is 6.18 Å². The van der Waals surface area contributed by atoms with Gasteiger partial charge in [0.15, 0.2) is 0 Å². The first kappa shape index (κ1) is 28.6. The molecule has 206 valence electrons. The van der Waals surface area contributed by atoms with Crippen LogP contribution < -0.4 is 0 Å². The number of hydrogen-bond donors (Lipinski definition) is 0. The Morgan fingerprint density at radius 1 is 0.711 bits per heavy atom. The van der Waals surface area contributed by atoms with Gasteiger partial charge >= 0.3 is 6.18 Å². The summed E-state index contributed by atoms with van der Waals surface area (Å²) in [7, 11) is 0. The lowest BCUT2D eigenvalue weighted by molar-refractivity contribution is -0.0696. The molecule has 38 heavy (non-hydrogen) atoms. The first-order valence-electron chi connectivity index (χ1n) is 14.0. The fourth-order valence-electron chi connectivity index (χ4n) is 6.47. The summed E-state index contributed by atoms with van der Waals surface area (Å²) in [5.41, 5.74) is -0.171. The molecule has 0 aromatic heterocycles. The Morgan fingerprint density at radius 3 is 1.74 bits per heavy atom. The van der Waals surface area contributed by atoms with Crippen molar-refractivity contribution in [3.05, 3.63) is 58.9 Å². The molecule has 2 aromatic carbocycles. The predicted octanol–water partition coefficient (Wildman–Crippen LogP) is 10.3. The zero-order valence-electron chi connectivity index (χ0n) is 21.9. The molecule has 6 heteroatoms. The average Bonchev–Trinajstić information content (AvgIpc) is 2.87. The molecule has 2 saturated carbocycles. The van der Waals surface area contributed by atoms with Gasteiger partial charge in [0.2, 0.25) is 0 Å². The minimum atomic E-state index is -4.87. The Bertz CT molecular complexity index is 1120. The molecule has 0 atom stereocenters. The third kappa shape index (κ3) is 7.58. The minimum Gasteiger partial charge on any atom is -0.206 e. The van der Waals surface area contributed by atoms with Crippen LogP contribution in [0.3, 0.4) is 0 Å². The molecule has 0 unspecified atom stereocenters. The van der Waals surface area contributed by atoms with E-state index >= 15 is 4.39 Å². The van der Waals surface area contributed by atoms with Gasteiger partial charge in [-0.1, -0.05) is 76.3 Å². The summed E-state index contributed by atoms with van der Waals surface area (Å²) in [5, 5.41) is 0. The van der Waals surface area contributed by atoms with Crippen molar-refractivity contribution in [2.45, 2.75) is 96.1 Å². The van der Waals surface area contributed by atoms with E-state index in [1.807, 2.05) is 0 Å². The van der Waals surface area contributed by atoms with Gasteiger partial charge in [0, 0.05) is 11.5 Å². The van der Waals surface area contributed by atoms with Crippen molar-refractivity contribution < 1.29 is 26.3 Å². The largest absolute Gasteiger partial charge is 0.458 e. The lowest BCUT2D eigenvalue weighted by atomic mass is 9.74. The first-order chi connectivity index (χ1) is 18.1. The molecular weight excluding hydrogens is 498 g/mol. The number of halogens is 6. The van der Waals surface area contributed by atoms with Gasteiger partial charge in [0.05, 0.1) is 5.56 Å². The van der Waals surface area contributed by atoms with Crippen LogP contribution >= 0.6 is 0 Å². The van der Waals surface area contributed by atoms with E-state index in [0.29, 0.717) is 0 Å². The standard InChI is InChI=1S/C32H36F6/c1-2-3-21-4-6-22(7-5-21)8-9-23-10-12-24(13-11-23)25-14-15-27(29(33)18-25)26-19-30(34)28(31(35)20-26)16-17-32(36,37)38/h14-15,18-24H,2-13H2,1H3. The summed E-state index contributed by atoms with van der Waals surface area (Å²) in [6, 6.07) is 6.38. The zero-order valence-corrected chi connectivity index (χ0v) is 21.9. The summed E-state index contributed by atoms with van der Waals surface area (Å²) in [4.78, 5) is 0. The van der Waals surface area contributed by atoms with Crippen molar-refractivity contribution in [1.29, 1.82) is 0 Å². The van der Waals surface area contributed by atoms with E-state index in [1.165, 1.54) is 69.4 Å². The monoisotopic (exact) mass is 534 g/mol. The van der Waals surface area contributed by atoms with Crippen molar-refractivity contribution in [2.24, 2.45) is 17.8 Å². The Morgan fingerprint density at radius 2 is 1.24 bits per heavy atom. The summed E-state index contributed by atoms with van der Waals surface area (Å²) in [6.45, 7) is 2.27. The van der Waals surface area contributed by atoms with E-state index in [0.717, 1.165) is 67.1 Å². The van der Waals surface area contributed by atoms with Crippen LogP contribution in [0.2, 0.25) is 0 Å². The molecule has 2 aliphatic carbocycles. The lowest BCUT2D eigenvalue weighted by Crippen LogP contribution is -2.17. The predicted molar refractivity (Wildman–Crippen MR) is 139 cm³/mol. The van der Waals surface area contributed by atoms with Crippen LogP contribution in [0.15, 0.2) is 30.3 Å². The number of rotatable bonds is 7. The van der Waals surface area contributed by atoms with Gasteiger partial charge < -0.3 is 0 Å². The van der Waals surface area contributed by atoms with Gasteiger partial charge in [-0.3, -0.25) is 0 Å². The molecule has 0 saturated heterocycles. The Kier molecular flexibility index (Phi) is 9.50. The fraction of sp³-hybridized carbons (Fsp3) is 0.562. The topological polar surface area (TPSA) is 0 Å². The highest BCUT2D eigenvalue weighted by molar-refractivity contribution is 5.66. The number of alkyl halides is 3. The Balaban J connectivity index is 1.32. The molecule has 2 fully saturated rings. The molecule has 4 rings (SSSR count). The molecular formula is C32H36F6. The van der Waals surface area contributed by atoms with Gasteiger partial charge in [0.25, 0.3) is 0 Å². The molecule has 0 nitrogen and oxygen atoms in total. The second-order valence-electron chi connectivity index (χ2n) is 11.3. The summed E-state index contributed by atoms with van der Waals surface area (Å²) in [6.07, 6.45) is 10.2. The van der Waals surface area contributed by atoms with Crippen LogP contribution in [0.4, 0.5) is 26.3 Å². The normalized spacial score (nSPS) is 24.1. The molecule has 0 bridgehead atoms. The Labute approximate surface area is 222 Å².